The van der Waals surface area contributed by atoms with Gasteiger partial charge < -0.3 is 15.1 Å². The number of benzene rings is 2. The average molecular weight is 552 g/mol. The summed E-state index contributed by atoms with van der Waals surface area (Å²) >= 11 is 6.21. The summed E-state index contributed by atoms with van der Waals surface area (Å²) in [5.74, 6) is 1.72. The molecule has 4 rings (SSSR count). The van der Waals surface area contributed by atoms with E-state index in [1.54, 1.807) is 6.33 Å². The van der Waals surface area contributed by atoms with Crippen molar-refractivity contribution >= 4 is 47.2 Å². The number of para-hydroxylation sites is 1. The van der Waals surface area contributed by atoms with Gasteiger partial charge in [-0.25, -0.2) is 0 Å². The Morgan fingerprint density at radius 3 is 2.55 bits per heavy atom. The molecule has 2 heterocycles. The summed E-state index contributed by atoms with van der Waals surface area (Å²) in [5.41, 5.74) is 3.50. The molecule has 1 saturated heterocycles. The van der Waals surface area contributed by atoms with Crippen molar-refractivity contribution in [1.29, 1.82) is 0 Å². The average Bonchev–Trinajstić information content (AvgIpc) is 3.26. The number of nitrogens with zero attached hydrogens (tertiary/aromatic N) is 6. The molecule has 2 aromatic carbocycles. The molecule has 0 saturated carbocycles. The van der Waals surface area contributed by atoms with Crippen LogP contribution in [0.25, 0.3) is 5.69 Å². The summed E-state index contributed by atoms with van der Waals surface area (Å²) in [6, 6.07) is 16.2. The van der Waals surface area contributed by atoms with Crippen LogP contribution in [0, 0.1) is 6.92 Å². The van der Waals surface area contributed by atoms with Crippen LogP contribution in [0.15, 0.2) is 59.9 Å². The highest BCUT2D eigenvalue weighted by Gasteiger charge is 2.21. The van der Waals surface area contributed by atoms with Crippen LogP contribution in [0.1, 0.15) is 11.4 Å². The first-order valence-electron chi connectivity index (χ1n) is 10.1. The summed E-state index contributed by atoms with van der Waals surface area (Å²) in [4.78, 5) is 9.14. The maximum Gasteiger partial charge on any atom is 0.194 e. The van der Waals surface area contributed by atoms with E-state index in [0.29, 0.717) is 6.54 Å². The summed E-state index contributed by atoms with van der Waals surface area (Å²) in [6.45, 7) is 6.29. The lowest BCUT2D eigenvalue weighted by atomic mass is 10.1. The molecular formula is C22H27ClIN7. The Bertz CT molecular complexity index is 1010. The third-order valence-corrected chi connectivity index (χ3v) is 5.60. The lowest BCUT2D eigenvalue weighted by Crippen LogP contribution is -2.52. The minimum atomic E-state index is 0. The molecule has 164 valence electrons. The second-order valence-corrected chi connectivity index (χ2v) is 7.69. The van der Waals surface area contributed by atoms with Gasteiger partial charge in [-0.15, -0.1) is 34.2 Å². The Kier molecular flexibility index (Phi) is 8.14. The van der Waals surface area contributed by atoms with Crippen LogP contribution in [0.3, 0.4) is 0 Å². The second-order valence-electron chi connectivity index (χ2n) is 7.26. The van der Waals surface area contributed by atoms with E-state index in [2.05, 4.69) is 49.4 Å². The molecule has 1 aromatic heterocycles. The fourth-order valence-corrected chi connectivity index (χ4v) is 3.92. The molecule has 1 aliphatic heterocycles. The molecular weight excluding hydrogens is 525 g/mol. The molecule has 3 aromatic rings. The third-order valence-electron chi connectivity index (χ3n) is 5.36. The number of anilines is 1. The van der Waals surface area contributed by atoms with Crippen molar-refractivity contribution in [2.75, 3.05) is 38.1 Å². The largest absolute Gasteiger partial charge is 0.368 e. The number of halogens is 2. The van der Waals surface area contributed by atoms with E-state index in [0.717, 1.165) is 48.7 Å². The first kappa shape index (κ1) is 23.3. The van der Waals surface area contributed by atoms with Crippen molar-refractivity contribution in [3.05, 3.63) is 71.3 Å². The monoisotopic (exact) mass is 551 g/mol. The zero-order chi connectivity index (χ0) is 20.9. The third kappa shape index (κ3) is 5.48. The quantitative estimate of drug-likeness (QED) is 0.304. The number of aryl methyl sites for hydroxylation is 1. The zero-order valence-corrected chi connectivity index (χ0v) is 20.8. The number of guanidine groups is 1. The molecule has 0 atom stereocenters. The predicted octanol–water partition coefficient (Wildman–Crippen LogP) is 3.74. The lowest BCUT2D eigenvalue weighted by molar-refractivity contribution is 0.371. The molecule has 0 radical (unpaired) electrons. The van der Waals surface area contributed by atoms with Gasteiger partial charge in [0, 0.05) is 49.6 Å². The number of nitrogens with one attached hydrogen (secondary N) is 1. The van der Waals surface area contributed by atoms with Gasteiger partial charge in [0.05, 0.1) is 6.54 Å². The first-order chi connectivity index (χ1) is 14.7. The minimum Gasteiger partial charge on any atom is -0.368 e. The summed E-state index contributed by atoms with van der Waals surface area (Å²) in [6.07, 6.45) is 1.74. The SMILES string of the molecule is CN=C(NCc1nncn1-c1ccccc1)N1CCN(c2cc(Cl)ccc2C)CC1.I. The normalized spacial score (nSPS) is 14.4. The van der Waals surface area contributed by atoms with Crippen LogP contribution in [0.2, 0.25) is 5.02 Å². The van der Waals surface area contributed by atoms with Crippen LogP contribution in [0.4, 0.5) is 5.69 Å². The van der Waals surface area contributed by atoms with Crippen LogP contribution in [-0.4, -0.2) is 58.9 Å². The minimum absolute atomic E-state index is 0. The number of hydrogen-bond donors (Lipinski definition) is 1. The first-order valence-corrected chi connectivity index (χ1v) is 10.4. The van der Waals surface area contributed by atoms with Gasteiger partial charge in [-0.05, 0) is 36.8 Å². The molecule has 0 unspecified atom stereocenters. The number of aromatic nitrogens is 3. The molecule has 0 aliphatic carbocycles. The van der Waals surface area contributed by atoms with Crippen LogP contribution in [0.5, 0.6) is 0 Å². The number of aliphatic imine (C=N–C) groups is 1. The number of hydrogen-bond acceptors (Lipinski definition) is 4. The highest BCUT2D eigenvalue weighted by atomic mass is 127. The fourth-order valence-electron chi connectivity index (χ4n) is 3.76. The van der Waals surface area contributed by atoms with Crippen LogP contribution < -0.4 is 10.2 Å². The molecule has 1 aliphatic rings. The van der Waals surface area contributed by atoms with Gasteiger partial charge in [-0.3, -0.25) is 9.56 Å². The van der Waals surface area contributed by atoms with E-state index in [4.69, 9.17) is 11.6 Å². The van der Waals surface area contributed by atoms with E-state index in [1.165, 1.54) is 11.3 Å². The Balaban J connectivity index is 0.00000272. The highest BCUT2D eigenvalue weighted by Crippen LogP contribution is 2.25. The lowest BCUT2D eigenvalue weighted by Gasteiger charge is -2.38. The van der Waals surface area contributed by atoms with E-state index in [-0.39, 0.29) is 24.0 Å². The summed E-state index contributed by atoms with van der Waals surface area (Å²) < 4.78 is 1.99. The fraction of sp³-hybridized carbons (Fsp3) is 0.318. The maximum absolute atomic E-state index is 6.21. The summed E-state index contributed by atoms with van der Waals surface area (Å²) in [7, 11) is 1.82. The summed E-state index contributed by atoms with van der Waals surface area (Å²) in [5, 5.41) is 12.6. The Morgan fingerprint density at radius 1 is 1.10 bits per heavy atom. The van der Waals surface area contributed by atoms with Gasteiger partial charge >= 0.3 is 0 Å². The van der Waals surface area contributed by atoms with E-state index in [1.807, 2.05) is 48.0 Å². The van der Waals surface area contributed by atoms with Crippen molar-refractivity contribution in [2.45, 2.75) is 13.5 Å². The van der Waals surface area contributed by atoms with Gasteiger partial charge in [-0.2, -0.15) is 0 Å². The van der Waals surface area contributed by atoms with E-state index >= 15 is 0 Å². The topological polar surface area (TPSA) is 61.6 Å². The van der Waals surface area contributed by atoms with E-state index < -0.39 is 0 Å². The molecule has 31 heavy (non-hydrogen) atoms. The number of rotatable bonds is 4. The van der Waals surface area contributed by atoms with E-state index in [9.17, 15) is 0 Å². The van der Waals surface area contributed by atoms with Gasteiger partial charge in [-0.1, -0.05) is 35.9 Å². The molecule has 0 spiro atoms. The van der Waals surface area contributed by atoms with Crippen LogP contribution >= 0.6 is 35.6 Å². The van der Waals surface area contributed by atoms with Crippen molar-refractivity contribution in [3.63, 3.8) is 0 Å². The highest BCUT2D eigenvalue weighted by molar-refractivity contribution is 14.0. The smallest absolute Gasteiger partial charge is 0.194 e. The van der Waals surface area contributed by atoms with Crippen molar-refractivity contribution in [2.24, 2.45) is 4.99 Å². The van der Waals surface area contributed by atoms with Crippen molar-refractivity contribution < 1.29 is 0 Å². The Labute approximate surface area is 205 Å². The molecule has 7 nitrogen and oxygen atoms in total. The molecule has 1 fully saturated rings. The Morgan fingerprint density at radius 2 is 1.84 bits per heavy atom. The van der Waals surface area contributed by atoms with Gasteiger partial charge in [0.25, 0.3) is 0 Å². The van der Waals surface area contributed by atoms with Gasteiger partial charge in [0.2, 0.25) is 0 Å². The number of piperazine rings is 1. The standard InChI is InChI=1S/C22H26ClN7.HI/c1-17-8-9-18(23)14-20(17)28-10-12-29(13-11-28)22(24-2)25-15-21-27-26-16-30(21)19-6-4-3-5-7-19;/h3-9,14,16H,10-13,15H2,1-2H3,(H,24,25);1H. The van der Waals surface area contributed by atoms with Gasteiger partial charge in [0.1, 0.15) is 6.33 Å². The van der Waals surface area contributed by atoms with Crippen LogP contribution in [-0.2, 0) is 6.54 Å². The van der Waals surface area contributed by atoms with Crippen molar-refractivity contribution in [1.82, 2.24) is 25.0 Å². The van der Waals surface area contributed by atoms with Crippen molar-refractivity contribution in [3.8, 4) is 5.69 Å². The van der Waals surface area contributed by atoms with Gasteiger partial charge in [0.15, 0.2) is 11.8 Å². The zero-order valence-electron chi connectivity index (χ0n) is 17.7. The molecule has 1 N–H and O–H groups in total. The Hall–Kier alpha value is -2.33. The molecule has 0 amide bonds. The molecule has 9 heteroatoms. The molecule has 0 bridgehead atoms. The predicted molar refractivity (Wildman–Crippen MR) is 137 cm³/mol. The second kappa shape index (κ2) is 10.8. The maximum atomic E-state index is 6.21.